The molecule has 0 saturated carbocycles. The number of hydrogen-bond donors (Lipinski definition) is 0. The molecule has 3 aromatic rings. The van der Waals surface area contributed by atoms with Crippen LogP contribution in [0.2, 0.25) is 5.02 Å². The van der Waals surface area contributed by atoms with E-state index in [0.717, 1.165) is 23.1 Å². The number of ether oxygens (including phenoxy) is 1. The molecule has 0 bridgehead atoms. The first kappa shape index (κ1) is 26.4. The number of nitro groups is 2. The fourth-order valence-corrected chi connectivity index (χ4v) is 4.41. The molecular weight excluding hydrogens is 545 g/mol. The highest BCUT2D eigenvalue weighted by Gasteiger charge is 2.36. The molecular formula is C24H13ClFN3O8S. The van der Waals surface area contributed by atoms with Gasteiger partial charge in [0.15, 0.2) is 0 Å². The lowest BCUT2D eigenvalue weighted by molar-refractivity contribution is -0.394. The quantitative estimate of drug-likeness (QED) is 0.116. The van der Waals surface area contributed by atoms with Gasteiger partial charge in [-0.1, -0.05) is 29.8 Å². The molecule has 2 amide bonds. The molecule has 192 valence electrons. The molecule has 0 spiro atoms. The second-order valence-electron chi connectivity index (χ2n) is 7.68. The number of nitro benzene ring substituents is 2. The zero-order chi connectivity index (χ0) is 27.6. The SMILES string of the molecule is O=C(Oc1ccc(/C=C2\SC(=O)N(Cc3c(F)cccc3Cl)C2=O)cc1)c1cc([N+](=O)[O-])cc([N+](=O)[O-])c1. The van der Waals surface area contributed by atoms with Crippen LogP contribution in [0.4, 0.5) is 20.6 Å². The van der Waals surface area contributed by atoms with E-state index in [1.165, 1.54) is 48.5 Å². The number of non-ortho nitro benzene ring substituents is 2. The summed E-state index contributed by atoms with van der Waals surface area (Å²) in [5.41, 5.74) is -1.21. The lowest BCUT2D eigenvalue weighted by atomic mass is 10.1. The number of benzene rings is 3. The number of imide groups is 1. The van der Waals surface area contributed by atoms with E-state index >= 15 is 0 Å². The van der Waals surface area contributed by atoms with Gasteiger partial charge in [0.1, 0.15) is 11.6 Å². The van der Waals surface area contributed by atoms with Gasteiger partial charge >= 0.3 is 5.97 Å². The van der Waals surface area contributed by atoms with Gasteiger partial charge in [0.2, 0.25) is 0 Å². The van der Waals surface area contributed by atoms with E-state index in [2.05, 4.69) is 0 Å². The highest BCUT2D eigenvalue weighted by Crippen LogP contribution is 2.35. The Kier molecular flexibility index (Phi) is 7.50. The Bertz CT molecular complexity index is 1490. The van der Waals surface area contributed by atoms with Crippen LogP contribution in [-0.2, 0) is 11.3 Å². The number of halogens is 2. The van der Waals surface area contributed by atoms with Gasteiger partial charge in [-0.2, -0.15) is 0 Å². The van der Waals surface area contributed by atoms with Crippen molar-refractivity contribution in [1.82, 2.24) is 4.90 Å². The topological polar surface area (TPSA) is 150 Å². The Balaban J connectivity index is 1.48. The number of esters is 1. The van der Waals surface area contributed by atoms with Crippen molar-refractivity contribution in [2.75, 3.05) is 0 Å². The Morgan fingerprint density at radius 1 is 1.03 bits per heavy atom. The first-order valence-electron chi connectivity index (χ1n) is 10.5. The van der Waals surface area contributed by atoms with Crippen molar-refractivity contribution < 1.29 is 33.4 Å². The van der Waals surface area contributed by atoms with Gasteiger partial charge < -0.3 is 4.74 Å². The molecule has 3 aromatic carbocycles. The van der Waals surface area contributed by atoms with Crippen molar-refractivity contribution in [3.05, 3.63) is 113 Å². The summed E-state index contributed by atoms with van der Waals surface area (Å²) in [5.74, 6) is -2.33. The molecule has 14 heteroatoms. The number of amides is 2. The maximum Gasteiger partial charge on any atom is 0.344 e. The van der Waals surface area contributed by atoms with Gasteiger partial charge in [-0.15, -0.1) is 0 Å². The van der Waals surface area contributed by atoms with Gasteiger partial charge in [-0.3, -0.25) is 34.7 Å². The monoisotopic (exact) mass is 557 g/mol. The second kappa shape index (κ2) is 10.8. The number of thioether (sulfide) groups is 1. The van der Waals surface area contributed by atoms with E-state index < -0.39 is 49.7 Å². The van der Waals surface area contributed by atoms with Crippen molar-refractivity contribution in [3.63, 3.8) is 0 Å². The molecule has 0 radical (unpaired) electrons. The van der Waals surface area contributed by atoms with E-state index in [9.17, 15) is 39.0 Å². The lowest BCUT2D eigenvalue weighted by Crippen LogP contribution is -2.28. The summed E-state index contributed by atoms with van der Waals surface area (Å²) in [6, 6.07) is 12.1. The van der Waals surface area contributed by atoms with Gasteiger partial charge in [0, 0.05) is 22.7 Å². The molecule has 1 fully saturated rings. The Morgan fingerprint density at radius 3 is 2.24 bits per heavy atom. The van der Waals surface area contributed by atoms with Gasteiger partial charge in [0.05, 0.1) is 32.9 Å². The Morgan fingerprint density at radius 2 is 1.66 bits per heavy atom. The predicted octanol–water partition coefficient (Wildman–Crippen LogP) is 5.75. The standard InChI is InChI=1S/C24H13ClFN3O8S/c25-19-2-1-3-20(26)18(19)12-27-22(30)21(38-24(27)32)8-13-4-6-17(7-5-13)37-23(31)14-9-15(28(33)34)11-16(10-14)29(35)36/h1-11H,12H2/b21-8-. The molecule has 38 heavy (non-hydrogen) atoms. The summed E-state index contributed by atoms with van der Waals surface area (Å²) in [4.78, 5) is 58.8. The summed E-state index contributed by atoms with van der Waals surface area (Å²) in [6.07, 6.45) is 1.42. The average molecular weight is 558 g/mol. The van der Waals surface area contributed by atoms with Crippen molar-refractivity contribution in [2.24, 2.45) is 0 Å². The van der Waals surface area contributed by atoms with E-state index in [1.807, 2.05) is 0 Å². The molecule has 11 nitrogen and oxygen atoms in total. The fourth-order valence-electron chi connectivity index (χ4n) is 3.35. The molecule has 4 rings (SSSR count). The smallest absolute Gasteiger partial charge is 0.344 e. The summed E-state index contributed by atoms with van der Waals surface area (Å²) in [7, 11) is 0. The normalized spacial score (nSPS) is 14.2. The minimum Gasteiger partial charge on any atom is -0.423 e. The predicted molar refractivity (Wildman–Crippen MR) is 134 cm³/mol. The zero-order valence-electron chi connectivity index (χ0n) is 18.8. The maximum absolute atomic E-state index is 14.1. The summed E-state index contributed by atoms with van der Waals surface area (Å²) in [5, 5.41) is 21.5. The molecule has 1 aliphatic rings. The van der Waals surface area contributed by atoms with Crippen molar-refractivity contribution in [1.29, 1.82) is 0 Å². The molecule has 0 aromatic heterocycles. The van der Waals surface area contributed by atoms with Crippen LogP contribution in [0.1, 0.15) is 21.5 Å². The van der Waals surface area contributed by atoms with E-state index in [-0.39, 0.29) is 27.8 Å². The summed E-state index contributed by atoms with van der Waals surface area (Å²) >= 11 is 6.66. The molecule has 0 aliphatic carbocycles. The van der Waals surface area contributed by atoms with Crippen LogP contribution in [0.25, 0.3) is 6.08 Å². The first-order chi connectivity index (χ1) is 18.0. The van der Waals surface area contributed by atoms with Crippen molar-refractivity contribution in [3.8, 4) is 5.75 Å². The van der Waals surface area contributed by atoms with Gasteiger partial charge in [-0.05, 0) is 47.7 Å². The lowest BCUT2D eigenvalue weighted by Gasteiger charge is -2.14. The zero-order valence-corrected chi connectivity index (χ0v) is 20.4. The van der Waals surface area contributed by atoms with Crippen LogP contribution in [0.15, 0.2) is 65.6 Å². The fraction of sp³-hybridized carbons (Fsp3) is 0.0417. The molecule has 1 aliphatic heterocycles. The van der Waals surface area contributed by atoms with Crippen molar-refractivity contribution in [2.45, 2.75) is 6.54 Å². The number of rotatable bonds is 7. The van der Waals surface area contributed by atoms with Crippen LogP contribution in [0, 0.1) is 26.0 Å². The average Bonchev–Trinajstić information content (AvgIpc) is 3.14. The largest absolute Gasteiger partial charge is 0.423 e. The maximum atomic E-state index is 14.1. The van der Waals surface area contributed by atoms with Gasteiger partial charge in [0.25, 0.3) is 22.5 Å². The molecule has 0 atom stereocenters. The van der Waals surface area contributed by atoms with E-state index in [1.54, 1.807) is 0 Å². The third kappa shape index (κ3) is 5.68. The van der Waals surface area contributed by atoms with Crippen molar-refractivity contribution >= 4 is 57.9 Å². The van der Waals surface area contributed by atoms with Crippen LogP contribution >= 0.6 is 23.4 Å². The first-order valence-corrected chi connectivity index (χ1v) is 11.7. The number of carbonyl (C=O) groups excluding carboxylic acids is 3. The minimum atomic E-state index is -1.06. The van der Waals surface area contributed by atoms with Crippen LogP contribution in [0.5, 0.6) is 5.75 Å². The van der Waals surface area contributed by atoms with Crippen LogP contribution in [0.3, 0.4) is 0 Å². The Hall–Kier alpha value is -4.62. The van der Waals surface area contributed by atoms with Gasteiger partial charge in [-0.25, -0.2) is 9.18 Å². The van der Waals surface area contributed by atoms with E-state index in [0.29, 0.717) is 17.3 Å². The number of hydrogen-bond acceptors (Lipinski definition) is 9. The highest BCUT2D eigenvalue weighted by molar-refractivity contribution is 8.18. The summed E-state index contributed by atoms with van der Waals surface area (Å²) in [6.45, 7) is -0.335. The third-order valence-corrected chi connectivity index (χ3v) is 6.46. The minimum absolute atomic E-state index is 0.0120. The number of carbonyl (C=O) groups is 3. The van der Waals surface area contributed by atoms with Crippen LogP contribution < -0.4 is 4.74 Å². The number of nitrogens with zero attached hydrogens (tertiary/aromatic N) is 3. The second-order valence-corrected chi connectivity index (χ2v) is 9.08. The highest BCUT2D eigenvalue weighted by atomic mass is 35.5. The van der Waals surface area contributed by atoms with Crippen LogP contribution in [-0.4, -0.2) is 31.9 Å². The molecule has 1 heterocycles. The molecule has 0 unspecified atom stereocenters. The van der Waals surface area contributed by atoms with E-state index in [4.69, 9.17) is 16.3 Å². The molecule has 1 saturated heterocycles. The summed E-state index contributed by atoms with van der Waals surface area (Å²) < 4.78 is 19.2. The third-order valence-electron chi connectivity index (χ3n) is 5.20. The molecule has 0 N–H and O–H groups in total. The Labute approximate surface area is 221 Å².